The largest absolute Gasteiger partial charge is 0.381 e. The van der Waals surface area contributed by atoms with Crippen LogP contribution in [0.1, 0.15) is 25.7 Å². The lowest BCUT2D eigenvalue weighted by atomic mass is 9.87. The number of anilines is 1. The van der Waals surface area contributed by atoms with Crippen molar-refractivity contribution < 1.29 is 9.53 Å². The molecule has 0 aliphatic heterocycles. The molecule has 7 heteroatoms. The number of pyridine rings is 2. The Bertz CT molecular complexity index is 960. The number of carbonyl (C=O) groups is 1. The lowest BCUT2D eigenvalue weighted by Gasteiger charge is -2.26. The summed E-state index contributed by atoms with van der Waals surface area (Å²) >= 11 is 0. The lowest BCUT2D eigenvalue weighted by Crippen LogP contribution is -2.29. The molecule has 0 atom stereocenters. The molecule has 0 unspecified atom stereocenters. The molecule has 1 aliphatic carbocycles. The minimum absolute atomic E-state index is 0.0253. The Hall–Kier alpha value is -2.80. The van der Waals surface area contributed by atoms with Crippen LogP contribution >= 0.6 is 0 Å². The Morgan fingerprint density at radius 2 is 1.89 bits per heavy atom. The fraction of sp³-hybridized carbons (Fsp3) is 0.400. The highest BCUT2D eigenvalue weighted by Crippen LogP contribution is 2.27. The third kappa shape index (κ3) is 3.83. The zero-order valence-corrected chi connectivity index (χ0v) is 15.6. The van der Waals surface area contributed by atoms with Crippen molar-refractivity contribution in [2.24, 2.45) is 13.0 Å². The minimum Gasteiger partial charge on any atom is -0.381 e. The molecule has 27 heavy (non-hydrogen) atoms. The molecule has 0 radical (unpaired) electrons. The van der Waals surface area contributed by atoms with Gasteiger partial charge in [0, 0.05) is 49.6 Å². The average molecular weight is 365 g/mol. The number of hydrogen-bond donors (Lipinski definition) is 1. The number of rotatable bonds is 4. The van der Waals surface area contributed by atoms with Crippen molar-refractivity contribution in [1.82, 2.24) is 19.7 Å². The van der Waals surface area contributed by atoms with E-state index >= 15 is 0 Å². The minimum atomic E-state index is 0.0253. The molecule has 1 aliphatic rings. The number of methoxy groups -OCH3 is 1. The molecule has 0 spiro atoms. The van der Waals surface area contributed by atoms with Crippen molar-refractivity contribution in [3.05, 3.63) is 36.9 Å². The number of aryl methyl sites for hydroxylation is 1. The van der Waals surface area contributed by atoms with Crippen LogP contribution in [-0.2, 0) is 16.6 Å². The zero-order chi connectivity index (χ0) is 18.8. The first-order valence-corrected chi connectivity index (χ1v) is 9.21. The number of fused-ring (bicyclic) bond motifs is 1. The Morgan fingerprint density at radius 1 is 1.11 bits per heavy atom. The number of nitrogens with zero attached hydrogens (tertiary/aromatic N) is 4. The van der Waals surface area contributed by atoms with Crippen LogP contribution in [0.5, 0.6) is 0 Å². The van der Waals surface area contributed by atoms with Gasteiger partial charge in [-0.3, -0.25) is 14.5 Å². The van der Waals surface area contributed by atoms with Gasteiger partial charge in [0.05, 0.1) is 18.0 Å². The maximum Gasteiger partial charge on any atom is 0.228 e. The van der Waals surface area contributed by atoms with Crippen LogP contribution in [-0.4, -0.2) is 38.9 Å². The van der Waals surface area contributed by atoms with E-state index in [0.717, 1.165) is 47.7 Å². The van der Waals surface area contributed by atoms with Crippen LogP contribution in [0.2, 0.25) is 0 Å². The Labute approximate surface area is 157 Å². The second-order valence-electron chi connectivity index (χ2n) is 7.09. The highest BCUT2D eigenvalue weighted by Gasteiger charge is 2.26. The van der Waals surface area contributed by atoms with Crippen molar-refractivity contribution in [3.8, 4) is 11.3 Å². The number of amides is 1. The van der Waals surface area contributed by atoms with Crippen molar-refractivity contribution in [2.75, 3.05) is 12.4 Å². The summed E-state index contributed by atoms with van der Waals surface area (Å²) in [5.41, 5.74) is 1.80. The van der Waals surface area contributed by atoms with Crippen molar-refractivity contribution >= 4 is 22.5 Å². The molecule has 3 aromatic rings. The summed E-state index contributed by atoms with van der Waals surface area (Å²) in [6, 6.07) is 3.89. The van der Waals surface area contributed by atoms with Gasteiger partial charge < -0.3 is 10.1 Å². The summed E-state index contributed by atoms with van der Waals surface area (Å²) in [7, 11) is 3.61. The van der Waals surface area contributed by atoms with E-state index in [9.17, 15) is 4.79 Å². The summed E-state index contributed by atoms with van der Waals surface area (Å²) < 4.78 is 7.13. The third-order valence-corrected chi connectivity index (χ3v) is 5.23. The normalized spacial score (nSPS) is 19.9. The smallest absolute Gasteiger partial charge is 0.228 e. The average Bonchev–Trinajstić information content (AvgIpc) is 3.14. The van der Waals surface area contributed by atoms with Crippen LogP contribution in [0.3, 0.4) is 0 Å². The first-order valence-electron chi connectivity index (χ1n) is 9.21. The highest BCUT2D eigenvalue weighted by atomic mass is 16.5. The molecule has 3 heterocycles. The molecule has 1 N–H and O–H groups in total. The van der Waals surface area contributed by atoms with Crippen LogP contribution in [0.15, 0.2) is 36.9 Å². The first-order chi connectivity index (χ1) is 13.1. The molecule has 0 saturated heterocycles. The van der Waals surface area contributed by atoms with Gasteiger partial charge in [0.15, 0.2) is 0 Å². The summed E-state index contributed by atoms with van der Waals surface area (Å²) in [4.78, 5) is 21.4. The topological polar surface area (TPSA) is 81.9 Å². The van der Waals surface area contributed by atoms with Gasteiger partial charge in [0.2, 0.25) is 5.91 Å². The Balaban J connectivity index is 1.51. The fourth-order valence-electron chi connectivity index (χ4n) is 3.61. The molecule has 0 bridgehead atoms. The zero-order valence-electron chi connectivity index (χ0n) is 15.6. The lowest BCUT2D eigenvalue weighted by molar-refractivity contribution is -0.121. The van der Waals surface area contributed by atoms with Crippen LogP contribution in [0, 0.1) is 5.92 Å². The standard InChI is InChI=1S/C20H23N5O2/c1-25-12-16(11-23-25)18-7-14-8-19(22-10-15(14)9-21-18)24-20(26)13-3-5-17(27-2)6-4-13/h7-13,17H,3-6H2,1-2H3,(H,22,24,26). The van der Waals surface area contributed by atoms with Gasteiger partial charge >= 0.3 is 0 Å². The maximum absolute atomic E-state index is 12.6. The third-order valence-electron chi connectivity index (χ3n) is 5.23. The van der Waals surface area contributed by atoms with Crippen molar-refractivity contribution in [3.63, 3.8) is 0 Å². The van der Waals surface area contributed by atoms with Gasteiger partial charge in [-0.2, -0.15) is 5.10 Å². The highest BCUT2D eigenvalue weighted by molar-refractivity contribution is 5.94. The van der Waals surface area contributed by atoms with E-state index in [1.165, 1.54) is 0 Å². The predicted molar refractivity (Wildman–Crippen MR) is 103 cm³/mol. The Morgan fingerprint density at radius 3 is 2.59 bits per heavy atom. The predicted octanol–water partition coefficient (Wildman–Crippen LogP) is 3.17. The van der Waals surface area contributed by atoms with Gasteiger partial charge in [0.1, 0.15) is 5.82 Å². The molecule has 1 fully saturated rings. The van der Waals surface area contributed by atoms with Crippen LogP contribution in [0.25, 0.3) is 22.0 Å². The van der Waals surface area contributed by atoms with Gasteiger partial charge in [0.25, 0.3) is 0 Å². The van der Waals surface area contributed by atoms with Gasteiger partial charge in [-0.1, -0.05) is 0 Å². The summed E-state index contributed by atoms with van der Waals surface area (Å²) in [5, 5.41) is 9.08. The molecular weight excluding hydrogens is 342 g/mol. The maximum atomic E-state index is 12.6. The molecule has 7 nitrogen and oxygen atoms in total. The summed E-state index contributed by atoms with van der Waals surface area (Å²) in [6.45, 7) is 0. The van der Waals surface area contributed by atoms with E-state index in [2.05, 4.69) is 20.4 Å². The van der Waals surface area contributed by atoms with E-state index in [1.54, 1.807) is 30.4 Å². The van der Waals surface area contributed by atoms with E-state index in [-0.39, 0.29) is 17.9 Å². The van der Waals surface area contributed by atoms with E-state index in [4.69, 9.17) is 4.74 Å². The van der Waals surface area contributed by atoms with E-state index in [0.29, 0.717) is 5.82 Å². The quantitative estimate of drug-likeness (QED) is 0.768. The van der Waals surface area contributed by atoms with Crippen LogP contribution < -0.4 is 5.32 Å². The van der Waals surface area contributed by atoms with Crippen LogP contribution in [0.4, 0.5) is 5.82 Å². The second kappa shape index (κ2) is 7.44. The summed E-state index contributed by atoms with van der Waals surface area (Å²) in [6.07, 6.45) is 11.1. The van der Waals surface area contributed by atoms with Crippen molar-refractivity contribution in [2.45, 2.75) is 31.8 Å². The summed E-state index contributed by atoms with van der Waals surface area (Å²) in [5.74, 6) is 0.639. The van der Waals surface area contributed by atoms with Gasteiger partial charge in [-0.25, -0.2) is 4.98 Å². The first kappa shape index (κ1) is 17.6. The molecule has 4 rings (SSSR count). The number of hydrogen-bond acceptors (Lipinski definition) is 5. The second-order valence-corrected chi connectivity index (χ2v) is 7.09. The molecular formula is C20H23N5O2. The van der Waals surface area contributed by atoms with E-state index < -0.39 is 0 Å². The fourth-order valence-corrected chi connectivity index (χ4v) is 3.61. The number of nitrogens with one attached hydrogen (secondary N) is 1. The van der Waals surface area contributed by atoms with Gasteiger partial charge in [-0.15, -0.1) is 0 Å². The molecule has 140 valence electrons. The van der Waals surface area contributed by atoms with E-state index in [1.807, 2.05) is 25.4 Å². The molecule has 1 saturated carbocycles. The SMILES string of the molecule is COC1CCC(C(=O)Nc2cc3cc(-c4cnn(C)c4)ncc3cn2)CC1. The molecule has 3 aromatic heterocycles. The monoisotopic (exact) mass is 365 g/mol. The number of carbonyl (C=O) groups excluding carboxylic acids is 1. The molecule has 1 amide bonds. The number of aromatic nitrogens is 4. The van der Waals surface area contributed by atoms with Crippen molar-refractivity contribution in [1.29, 1.82) is 0 Å². The Kier molecular flexibility index (Phi) is 4.85. The molecule has 0 aromatic carbocycles. The number of ether oxygens (including phenoxy) is 1. The van der Waals surface area contributed by atoms with Gasteiger partial charge in [-0.05, 0) is 43.2 Å².